The fraction of sp³-hybridized carbons (Fsp3) is 0.500. The molecule has 0 aromatic heterocycles. The van der Waals surface area contributed by atoms with Crippen molar-refractivity contribution < 1.29 is 29.4 Å². The van der Waals surface area contributed by atoms with Crippen molar-refractivity contribution in [3.05, 3.63) is 11.3 Å². The van der Waals surface area contributed by atoms with E-state index in [0.29, 0.717) is 0 Å². The average Bonchev–Trinajstić information content (AvgIpc) is 2.76. The van der Waals surface area contributed by atoms with E-state index in [-0.39, 0.29) is 30.5 Å². The molecule has 2 aliphatic heterocycles. The van der Waals surface area contributed by atoms with Crippen LogP contribution in [-0.4, -0.2) is 50.9 Å². The number of carbonyl (C=O) groups is 4. The molecule has 2 rings (SSSR count). The Morgan fingerprint density at radius 3 is 2.45 bits per heavy atom. The first-order chi connectivity index (χ1) is 9.32. The monoisotopic (exact) mass is 282 g/mol. The number of carbonyl (C=O) groups excluding carboxylic acids is 2. The Bertz CT molecular complexity index is 538. The van der Waals surface area contributed by atoms with E-state index in [0.717, 1.165) is 4.90 Å². The van der Waals surface area contributed by atoms with Gasteiger partial charge in [0.1, 0.15) is 12.1 Å². The van der Waals surface area contributed by atoms with E-state index in [1.165, 1.54) is 6.92 Å². The summed E-state index contributed by atoms with van der Waals surface area (Å²) in [5, 5.41) is 20.7. The van der Waals surface area contributed by atoms with Gasteiger partial charge in [0.25, 0.3) is 0 Å². The lowest BCUT2D eigenvalue weighted by Crippen LogP contribution is -2.54. The number of allylic oxidation sites excluding steroid dienone is 1. The van der Waals surface area contributed by atoms with E-state index in [4.69, 9.17) is 5.11 Å². The molecule has 1 fully saturated rings. The van der Waals surface area contributed by atoms with Crippen LogP contribution in [0.1, 0.15) is 26.2 Å². The van der Waals surface area contributed by atoms with Crippen molar-refractivity contribution in [2.75, 3.05) is 0 Å². The molecule has 1 saturated heterocycles. The van der Waals surface area contributed by atoms with E-state index < -0.39 is 35.8 Å². The SMILES string of the molecule is CC(=O)N[C@@H]1CC(C(=O)O)=C2CC[C@H](C(=O)O)N2C1=O. The summed E-state index contributed by atoms with van der Waals surface area (Å²) >= 11 is 0. The number of carboxylic acid groups (broad SMARTS) is 2. The number of amides is 2. The van der Waals surface area contributed by atoms with Crippen LogP contribution in [0.5, 0.6) is 0 Å². The first-order valence-corrected chi connectivity index (χ1v) is 6.11. The van der Waals surface area contributed by atoms with Gasteiger partial charge in [-0.15, -0.1) is 0 Å². The molecular formula is C12H14N2O6. The lowest BCUT2D eigenvalue weighted by molar-refractivity contribution is -0.149. The maximum Gasteiger partial charge on any atom is 0.333 e. The lowest BCUT2D eigenvalue weighted by atomic mass is 9.97. The summed E-state index contributed by atoms with van der Waals surface area (Å²) in [4.78, 5) is 46.7. The zero-order valence-electron chi connectivity index (χ0n) is 10.8. The topological polar surface area (TPSA) is 124 Å². The largest absolute Gasteiger partial charge is 0.480 e. The van der Waals surface area contributed by atoms with Crippen molar-refractivity contribution in [2.24, 2.45) is 0 Å². The number of aliphatic carboxylic acids is 2. The highest BCUT2D eigenvalue weighted by Gasteiger charge is 2.46. The molecule has 0 spiro atoms. The minimum atomic E-state index is -1.20. The van der Waals surface area contributed by atoms with Gasteiger partial charge in [-0.2, -0.15) is 0 Å². The van der Waals surface area contributed by atoms with Crippen LogP contribution < -0.4 is 5.32 Å². The Labute approximate surface area is 114 Å². The van der Waals surface area contributed by atoms with E-state index in [1.807, 2.05) is 0 Å². The molecule has 0 radical (unpaired) electrons. The summed E-state index contributed by atoms with van der Waals surface area (Å²) < 4.78 is 0. The van der Waals surface area contributed by atoms with Crippen LogP contribution in [0.25, 0.3) is 0 Å². The molecule has 2 amide bonds. The molecule has 2 heterocycles. The summed E-state index contributed by atoms with van der Waals surface area (Å²) in [5.41, 5.74) is 0.239. The molecule has 2 aliphatic rings. The summed E-state index contributed by atoms with van der Waals surface area (Å²) in [6, 6.07) is -2.09. The third-order valence-corrected chi connectivity index (χ3v) is 3.47. The van der Waals surface area contributed by atoms with Gasteiger partial charge in [0, 0.05) is 19.0 Å². The predicted molar refractivity (Wildman–Crippen MR) is 64.4 cm³/mol. The molecule has 0 aliphatic carbocycles. The number of fused-ring (bicyclic) bond motifs is 1. The Hall–Kier alpha value is -2.38. The lowest BCUT2D eigenvalue weighted by Gasteiger charge is -2.33. The van der Waals surface area contributed by atoms with Crippen molar-refractivity contribution in [3.63, 3.8) is 0 Å². The normalized spacial score (nSPS) is 25.4. The first kappa shape index (κ1) is 14.0. The highest BCUT2D eigenvalue weighted by molar-refractivity contribution is 5.98. The number of hydrogen-bond acceptors (Lipinski definition) is 4. The van der Waals surface area contributed by atoms with Gasteiger partial charge < -0.3 is 15.5 Å². The molecule has 0 bridgehead atoms. The fourth-order valence-corrected chi connectivity index (χ4v) is 2.67. The summed E-state index contributed by atoms with van der Waals surface area (Å²) in [7, 11) is 0. The summed E-state index contributed by atoms with van der Waals surface area (Å²) in [6.45, 7) is 1.21. The standard InChI is InChI=1S/C12H14N2O6/c1-5(15)13-7-4-6(11(17)18)8-2-3-9(12(19)20)14(8)10(7)16/h7,9H,2-4H2,1H3,(H,13,15)(H,17,18)(H,19,20)/t7-,9-/m1/s1. The smallest absolute Gasteiger partial charge is 0.333 e. The Morgan fingerprint density at radius 2 is 1.95 bits per heavy atom. The Kier molecular flexibility index (Phi) is 3.47. The highest BCUT2D eigenvalue weighted by atomic mass is 16.4. The van der Waals surface area contributed by atoms with E-state index in [2.05, 4.69) is 5.32 Å². The minimum absolute atomic E-state index is 0.00731. The van der Waals surface area contributed by atoms with Crippen molar-refractivity contribution in [3.8, 4) is 0 Å². The number of rotatable bonds is 3. The van der Waals surface area contributed by atoms with Gasteiger partial charge in [-0.05, 0) is 12.8 Å². The summed E-state index contributed by atoms with van der Waals surface area (Å²) in [5.74, 6) is -3.41. The van der Waals surface area contributed by atoms with E-state index in [1.54, 1.807) is 0 Å². The van der Waals surface area contributed by atoms with Crippen LogP contribution in [0, 0.1) is 0 Å². The predicted octanol–water partition coefficient (Wildman–Crippen LogP) is -0.691. The number of hydrogen-bond donors (Lipinski definition) is 3. The van der Waals surface area contributed by atoms with Gasteiger partial charge in [-0.3, -0.25) is 14.5 Å². The number of nitrogens with zero attached hydrogens (tertiary/aromatic N) is 1. The molecule has 2 atom stereocenters. The van der Waals surface area contributed by atoms with Crippen molar-refractivity contribution >= 4 is 23.8 Å². The Morgan fingerprint density at radius 1 is 1.30 bits per heavy atom. The van der Waals surface area contributed by atoms with Crippen molar-refractivity contribution in [1.29, 1.82) is 0 Å². The second kappa shape index (κ2) is 4.95. The molecule has 0 saturated carbocycles. The fourth-order valence-electron chi connectivity index (χ4n) is 2.67. The van der Waals surface area contributed by atoms with E-state index >= 15 is 0 Å². The molecular weight excluding hydrogens is 268 g/mol. The number of nitrogens with one attached hydrogen (secondary N) is 1. The number of carboxylic acids is 2. The highest BCUT2D eigenvalue weighted by Crippen LogP contribution is 2.36. The van der Waals surface area contributed by atoms with Crippen LogP contribution in [-0.2, 0) is 19.2 Å². The quantitative estimate of drug-likeness (QED) is 0.629. The minimum Gasteiger partial charge on any atom is -0.480 e. The zero-order chi connectivity index (χ0) is 15.0. The molecule has 3 N–H and O–H groups in total. The molecule has 0 aromatic carbocycles. The van der Waals surface area contributed by atoms with Crippen LogP contribution in [0.3, 0.4) is 0 Å². The van der Waals surface area contributed by atoms with Gasteiger partial charge in [0.2, 0.25) is 11.8 Å². The van der Waals surface area contributed by atoms with Gasteiger partial charge >= 0.3 is 11.9 Å². The zero-order valence-corrected chi connectivity index (χ0v) is 10.8. The van der Waals surface area contributed by atoms with Gasteiger partial charge in [0.15, 0.2) is 0 Å². The molecule has 20 heavy (non-hydrogen) atoms. The molecule has 8 heteroatoms. The maximum atomic E-state index is 12.2. The van der Waals surface area contributed by atoms with Crippen LogP contribution in [0.15, 0.2) is 11.3 Å². The van der Waals surface area contributed by atoms with Crippen LogP contribution in [0.4, 0.5) is 0 Å². The van der Waals surface area contributed by atoms with E-state index in [9.17, 15) is 24.3 Å². The van der Waals surface area contributed by atoms with Gasteiger partial charge in [-0.1, -0.05) is 0 Å². The molecule has 8 nitrogen and oxygen atoms in total. The average molecular weight is 282 g/mol. The van der Waals surface area contributed by atoms with Crippen LogP contribution >= 0.6 is 0 Å². The van der Waals surface area contributed by atoms with Crippen LogP contribution in [0.2, 0.25) is 0 Å². The summed E-state index contributed by atoms with van der Waals surface area (Å²) in [6.07, 6.45) is 0.295. The third-order valence-electron chi connectivity index (χ3n) is 3.47. The third kappa shape index (κ3) is 2.24. The maximum absolute atomic E-state index is 12.2. The van der Waals surface area contributed by atoms with Gasteiger partial charge in [-0.25, -0.2) is 9.59 Å². The van der Waals surface area contributed by atoms with Gasteiger partial charge in [0.05, 0.1) is 5.57 Å². The molecule has 0 unspecified atom stereocenters. The van der Waals surface area contributed by atoms with Crippen molar-refractivity contribution in [2.45, 2.75) is 38.3 Å². The second-order valence-electron chi connectivity index (χ2n) is 4.79. The first-order valence-electron chi connectivity index (χ1n) is 6.11. The van der Waals surface area contributed by atoms with Crippen molar-refractivity contribution in [1.82, 2.24) is 10.2 Å². The molecule has 0 aromatic rings. The second-order valence-corrected chi connectivity index (χ2v) is 4.79. The molecule has 108 valence electrons. The Balaban J connectivity index is 2.43.